The summed E-state index contributed by atoms with van der Waals surface area (Å²) in [7, 11) is 0. The van der Waals surface area contributed by atoms with Crippen molar-refractivity contribution in [3.8, 4) is 0 Å². The van der Waals surface area contributed by atoms with Crippen molar-refractivity contribution in [2.75, 3.05) is 12.0 Å². The Bertz CT molecular complexity index is 792. The van der Waals surface area contributed by atoms with Crippen molar-refractivity contribution in [2.45, 2.75) is 57.4 Å². The zero-order chi connectivity index (χ0) is 19.1. The molecule has 2 aromatic rings. The number of aromatic amines is 1. The summed E-state index contributed by atoms with van der Waals surface area (Å²) in [5, 5.41) is 3.36. The van der Waals surface area contributed by atoms with Crippen molar-refractivity contribution in [3.05, 3.63) is 30.1 Å². The van der Waals surface area contributed by atoms with Gasteiger partial charge in [0.15, 0.2) is 0 Å². The van der Waals surface area contributed by atoms with Crippen LogP contribution in [0.5, 0.6) is 0 Å². The third-order valence-electron chi connectivity index (χ3n) is 7.38. The number of imidazole rings is 1. The Labute approximate surface area is 171 Å². The number of hydrogen-bond acceptors (Lipinski definition) is 3. The number of hydrogen-bond donors (Lipinski definition) is 2. The Morgan fingerprint density at radius 1 is 1.21 bits per heavy atom. The number of para-hydroxylation sites is 2. The van der Waals surface area contributed by atoms with Gasteiger partial charge in [0.05, 0.1) is 17.1 Å². The molecular weight excluding hydrogens is 366 g/mol. The lowest BCUT2D eigenvalue weighted by molar-refractivity contribution is -0.130. The van der Waals surface area contributed by atoms with Crippen molar-refractivity contribution >= 4 is 28.7 Å². The van der Waals surface area contributed by atoms with Crippen LogP contribution in [0.2, 0.25) is 0 Å². The highest BCUT2D eigenvalue weighted by Crippen LogP contribution is 2.61. The van der Waals surface area contributed by atoms with Crippen LogP contribution in [0.25, 0.3) is 11.0 Å². The topological polar surface area (TPSA) is 57.8 Å². The van der Waals surface area contributed by atoms with E-state index < -0.39 is 0 Å². The molecular formula is C23H31N3OS. The molecule has 6 rings (SSSR count). The summed E-state index contributed by atoms with van der Waals surface area (Å²) in [6.07, 6.45) is 11.9. The normalized spacial score (nSPS) is 32.0. The fourth-order valence-corrected chi connectivity index (χ4v) is 7.21. The second kappa shape index (κ2) is 7.40. The molecule has 0 saturated heterocycles. The van der Waals surface area contributed by atoms with Gasteiger partial charge in [-0.2, -0.15) is 11.8 Å². The highest BCUT2D eigenvalue weighted by atomic mass is 32.2. The number of benzene rings is 1. The molecule has 1 aromatic heterocycles. The van der Waals surface area contributed by atoms with Gasteiger partial charge < -0.3 is 10.3 Å². The summed E-state index contributed by atoms with van der Waals surface area (Å²) in [5.74, 6) is 4.81. The van der Waals surface area contributed by atoms with E-state index >= 15 is 0 Å². The average Bonchev–Trinajstić information content (AvgIpc) is 3.07. The number of carbonyl (C=O) groups is 1. The van der Waals surface area contributed by atoms with Gasteiger partial charge in [0.1, 0.15) is 5.82 Å². The van der Waals surface area contributed by atoms with Crippen molar-refractivity contribution in [3.63, 3.8) is 0 Å². The van der Waals surface area contributed by atoms with Gasteiger partial charge in [0.2, 0.25) is 5.91 Å². The molecule has 0 spiro atoms. The van der Waals surface area contributed by atoms with Crippen molar-refractivity contribution in [1.82, 2.24) is 15.3 Å². The average molecular weight is 398 g/mol. The number of fused-ring (bicyclic) bond motifs is 1. The van der Waals surface area contributed by atoms with Crippen LogP contribution >= 0.6 is 11.8 Å². The molecule has 150 valence electrons. The molecule has 4 nitrogen and oxygen atoms in total. The van der Waals surface area contributed by atoms with Gasteiger partial charge in [0.25, 0.3) is 0 Å². The van der Waals surface area contributed by atoms with E-state index in [1.807, 2.05) is 30.0 Å². The van der Waals surface area contributed by atoms with E-state index in [9.17, 15) is 4.79 Å². The maximum atomic E-state index is 13.1. The van der Waals surface area contributed by atoms with Crippen LogP contribution in [0.15, 0.2) is 24.3 Å². The van der Waals surface area contributed by atoms with Gasteiger partial charge in [0, 0.05) is 6.42 Å². The van der Waals surface area contributed by atoms with Gasteiger partial charge in [-0.25, -0.2) is 4.98 Å². The van der Waals surface area contributed by atoms with Crippen LogP contribution in [-0.2, 0) is 4.79 Å². The number of carbonyl (C=O) groups excluding carboxylic acids is 1. The molecule has 4 fully saturated rings. The smallest absolute Gasteiger partial charge is 0.221 e. The summed E-state index contributed by atoms with van der Waals surface area (Å²) in [5.41, 5.74) is 2.31. The first-order valence-corrected chi connectivity index (χ1v) is 12.2. The lowest BCUT2D eigenvalue weighted by Gasteiger charge is -2.56. The van der Waals surface area contributed by atoms with Gasteiger partial charge >= 0.3 is 0 Å². The molecule has 4 aliphatic carbocycles. The number of thioether (sulfide) groups is 1. The molecule has 1 aromatic carbocycles. The van der Waals surface area contributed by atoms with Crippen molar-refractivity contribution in [2.24, 2.45) is 23.2 Å². The standard InChI is InChI=1S/C23H31N3OS/c1-28-7-6-20(22-25-18-4-2-3-5-19(18)26-22)24-21(27)14-23-11-15-8-16(12-23)10-17(9-15)13-23/h2-5,15-17,20H,6-14H2,1H3,(H,24,27)(H,25,26). The minimum Gasteiger partial charge on any atom is -0.346 e. The van der Waals surface area contributed by atoms with E-state index in [2.05, 4.69) is 22.6 Å². The van der Waals surface area contributed by atoms with Crippen molar-refractivity contribution in [1.29, 1.82) is 0 Å². The number of H-pyrrole nitrogens is 1. The van der Waals surface area contributed by atoms with Crippen LogP contribution in [0.3, 0.4) is 0 Å². The Hall–Kier alpha value is -1.49. The fraction of sp³-hybridized carbons (Fsp3) is 0.652. The molecule has 1 amide bonds. The summed E-state index contributed by atoms with van der Waals surface area (Å²) in [4.78, 5) is 21.3. The highest BCUT2D eigenvalue weighted by Gasteiger charge is 2.51. The molecule has 1 unspecified atom stereocenters. The van der Waals surface area contributed by atoms with Crippen LogP contribution in [-0.4, -0.2) is 27.9 Å². The maximum Gasteiger partial charge on any atom is 0.221 e. The van der Waals surface area contributed by atoms with Gasteiger partial charge in [-0.1, -0.05) is 12.1 Å². The fourth-order valence-electron chi connectivity index (χ4n) is 6.74. The summed E-state index contributed by atoms with van der Waals surface area (Å²) in [6, 6.07) is 8.08. The highest BCUT2D eigenvalue weighted by molar-refractivity contribution is 7.98. The first-order valence-electron chi connectivity index (χ1n) is 10.9. The lowest BCUT2D eigenvalue weighted by atomic mass is 9.49. The Balaban J connectivity index is 1.30. The molecule has 0 radical (unpaired) electrons. The van der Waals surface area contributed by atoms with E-state index in [0.29, 0.717) is 6.42 Å². The predicted octanol–water partition coefficient (Wildman–Crippen LogP) is 5.08. The monoisotopic (exact) mass is 397 g/mol. The SMILES string of the molecule is CSCCC(NC(=O)CC12CC3CC(CC(C3)C1)C2)c1nc2ccccc2[nH]1. The Kier molecular flexibility index (Phi) is 4.90. The summed E-state index contributed by atoms with van der Waals surface area (Å²) in [6.45, 7) is 0. The summed E-state index contributed by atoms with van der Waals surface area (Å²) >= 11 is 1.82. The number of nitrogens with zero attached hydrogens (tertiary/aromatic N) is 1. The third-order valence-corrected chi connectivity index (χ3v) is 8.03. The van der Waals surface area contributed by atoms with E-state index in [0.717, 1.165) is 46.8 Å². The van der Waals surface area contributed by atoms with E-state index in [4.69, 9.17) is 4.98 Å². The maximum absolute atomic E-state index is 13.1. The molecule has 4 bridgehead atoms. The number of aromatic nitrogens is 2. The molecule has 1 atom stereocenters. The Morgan fingerprint density at radius 3 is 2.54 bits per heavy atom. The number of rotatable bonds is 7. The quantitative estimate of drug-likeness (QED) is 0.685. The molecule has 2 N–H and O–H groups in total. The van der Waals surface area contributed by atoms with Crippen molar-refractivity contribution < 1.29 is 4.79 Å². The van der Waals surface area contributed by atoms with Gasteiger partial charge in [-0.15, -0.1) is 0 Å². The summed E-state index contributed by atoms with van der Waals surface area (Å²) < 4.78 is 0. The minimum absolute atomic E-state index is 0.0266. The number of nitrogens with one attached hydrogen (secondary N) is 2. The molecule has 1 heterocycles. The number of amides is 1. The van der Waals surface area contributed by atoms with Gasteiger partial charge in [-0.3, -0.25) is 4.79 Å². The zero-order valence-electron chi connectivity index (χ0n) is 16.7. The van der Waals surface area contributed by atoms with E-state index in [-0.39, 0.29) is 17.4 Å². The van der Waals surface area contributed by atoms with Crippen LogP contribution < -0.4 is 5.32 Å². The van der Waals surface area contributed by atoms with E-state index in [1.54, 1.807) is 0 Å². The molecule has 5 heteroatoms. The predicted molar refractivity (Wildman–Crippen MR) is 115 cm³/mol. The molecule has 4 aliphatic rings. The lowest BCUT2D eigenvalue weighted by Crippen LogP contribution is -2.48. The molecule has 4 saturated carbocycles. The Morgan fingerprint density at radius 2 is 1.89 bits per heavy atom. The first-order chi connectivity index (χ1) is 13.6. The minimum atomic E-state index is -0.0266. The second-order valence-corrected chi connectivity index (χ2v) is 10.6. The molecule has 28 heavy (non-hydrogen) atoms. The largest absolute Gasteiger partial charge is 0.346 e. The van der Waals surface area contributed by atoms with Crippen LogP contribution in [0.4, 0.5) is 0 Å². The van der Waals surface area contributed by atoms with E-state index in [1.165, 1.54) is 38.5 Å². The zero-order valence-corrected chi connectivity index (χ0v) is 17.6. The van der Waals surface area contributed by atoms with Gasteiger partial charge in [-0.05, 0) is 92.3 Å². The first kappa shape index (κ1) is 18.5. The van der Waals surface area contributed by atoms with Crippen LogP contribution in [0, 0.1) is 23.2 Å². The second-order valence-electron chi connectivity index (χ2n) is 9.64. The third kappa shape index (κ3) is 3.58. The van der Waals surface area contributed by atoms with Crippen LogP contribution in [0.1, 0.15) is 63.2 Å². The molecule has 0 aliphatic heterocycles.